The fraction of sp³-hybridized carbons (Fsp3) is 0.615. The number of unbranched alkanes of at least 4 members (excludes halogenated alkanes) is 13. The Bertz CT molecular complexity index is 2360. The van der Waals surface area contributed by atoms with Crippen LogP contribution in [0.15, 0.2) is 30.3 Å². The normalized spacial score (nSPS) is 23.3. The van der Waals surface area contributed by atoms with E-state index in [2.05, 4.69) is 28.0 Å². The van der Waals surface area contributed by atoms with Crippen molar-refractivity contribution in [2.45, 2.75) is 165 Å². The highest BCUT2D eigenvalue weighted by molar-refractivity contribution is 6.04. The molecule has 5 aliphatic rings. The van der Waals surface area contributed by atoms with Crippen molar-refractivity contribution < 1.29 is 32.5 Å². The number of benzene rings is 2. The predicted octanol–water partition coefficient (Wildman–Crippen LogP) is 10.4. The van der Waals surface area contributed by atoms with Gasteiger partial charge in [0.2, 0.25) is 12.7 Å². The predicted molar refractivity (Wildman–Crippen MR) is 250 cm³/mol. The Morgan fingerprint density at radius 2 is 1.72 bits per heavy atom. The molecule has 13 heteroatoms. The van der Waals surface area contributed by atoms with E-state index in [9.17, 15) is 9.18 Å². The smallest absolute Gasteiger partial charge is 0.319 e. The summed E-state index contributed by atoms with van der Waals surface area (Å²) < 4.78 is 56.9. The lowest BCUT2D eigenvalue weighted by molar-refractivity contribution is -0.150. The summed E-state index contributed by atoms with van der Waals surface area (Å²) in [4.78, 5) is 31.8. The lowest BCUT2D eigenvalue weighted by Gasteiger charge is -2.40. The third kappa shape index (κ3) is 10.00. The number of fused-ring (bicyclic) bond motifs is 7. The van der Waals surface area contributed by atoms with Crippen LogP contribution in [0, 0.1) is 18.2 Å². The number of anilines is 1. The summed E-state index contributed by atoms with van der Waals surface area (Å²) in [6, 6.07) is 9.38. The fourth-order valence-corrected chi connectivity index (χ4v) is 11.3. The minimum atomic E-state index is -0.919. The molecular weight excluding hydrogens is 827 g/mol. The molecular formula is C52H66F2N6O5. The molecule has 0 aliphatic carbocycles. The van der Waals surface area contributed by atoms with Crippen molar-refractivity contribution in [3.63, 3.8) is 0 Å². The molecule has 7 heterocycles. The molecule has 5 aliphatic heterocycles. The summed E-state index contributed by atoms with van der Waals surface area (Å²) in [5.41, 5.74) is 0.481. The summed E-state index contributed by atoms with van der Waals surface area (Å²) in [6.45, 7) is 4.35. The van der Waals surface area contributed by atoms with Crippen molar-refractivity contribution >= 4 is 33.5 Å². The number of nitrogens with one attached hydrogen (secondary N) is 1. The standard InChI is InChI=1S/C52H66F2N6O5/c1-3-5-6-7-8-9-10-11-12-13-14-15-16-17-22-43(61)65-34-64-39-27-36-21-18-20-35(4-2)44(36)40(28-39)47-46(54)48-45-49(60-31-38-23-24-41(55-38)42(60)32-62-50(45)56-47)58-51(57-48)63-33-52-25-19-26-59(52)30-37(53)29-52/h2,18,20-21,27-28,37-38,41-42,55H,3,5-17,19,22-26,29-34H2,1H3/t37-,38-,41+,42-,52+/m1/s1. The maximum atomic E-state index is 17.6. The van der Waals surface area contributed by atoms with Crippen LogP contribution in [0.4, 0.5) is 14.6 Å². The van der Waals surface area contributed by atoms with Gasteiger partial charge < -0.3 is 29.2 Å². The van der Waals surface area contributed by atoms with E-state index in [1.165, 1.54) is 70.6 Å². The Morgan fingerprint density at radius 1 is 0.954 bits per heavy atom. The first kappa shape index (κ1) is 45.4. The first-order valence-corrected chi connectivity index (χ1v) is 24.7. The van der Waals surface area contributed by atoms with Crippen LogP contribution in [0.1, 0.15) is 141 Å². The van der Waals surface area contributed by atoms with Gasteiger partial charge in [-0.3, -0.25) is 9.69 Å². The van der Waals surface area contributed by atoms with Crippen LogP contribution < -0.4 is 24.4 Å². The van der Waals surface area contributed by atoms with Crippen molar-refractivity contribution in [3.05, 3.63) is 41.7 Å². The summed E-state index contributed by atoms with van der Waals surface area (Å²) >= 11 is 0. The quantitative estimate of drug-likeness (QED) is 0.0352. The number of alkyl halides is 1. The second-order valence-electron chi connectivity index (χ2n) is 19.2. The van der Waals surface area contributed by atoms with E-state index >= 15 is 4.39 Å². The van der Waals surface area contributed by atoms with Gasteiger partial charge in [0, 0.05) is 54.5 Å². The average Bonchev–Trinajstić information content (AvgIpc) is 3.95. The molecule has 65 heavy (non-hydrogen) atoms. The van der Waals surface area contributed by atoms with Crippen LogP contribution in [0.5, 0.6) is 17.6 Å². The zero-order chi connectivity index (χ0) is 44.8. The number of hydrogen-bond donors (Lipinski definition) is 1. The van der Waals surface area contributed by atoms with Crippen LogP contribution in [-0.4, -0.2) is 95.3 Å². The number of aromatic nitrogens is 3. The Balaban J connectivity index is 0.911. The number of hydrogen-bond acceptors (Lipinski definition) is 11. The highest BCUT2D eigenvalue weighted by Crippen LogP contribution is 2.46. The molecule has 4 fully saturated rings. The number of rotatable bonds is 22. The number of ether oxygens (including phenoxy) is 4. The SMILES string of the molecule is C#Cc1cccc2cc(OCOC(=O)CCCCCCCCCCCCCCCC)cc(-c3nc4c5c(nc(OC[C@@]67CCCN6C[C@H](F)C7)nc5c3F)N3C[C@H]5CC[C@H](N5)[C@H]3CO4)c12. The Hall–Kier alpha value is -4.80. The minimum Gasteiger partial charge on any atom is -0.475 e. The Labute approximate surface area is 382 Å². The summed E-state index contributed by atoms with van der Waals surface area (Å²) in [6.07, 6.45) is 27.1. The molecule has 9 rings (SSSR count). The molecule has 2 aromatic carbocycles. The van der Waals surface area contributed by atoms with Crippen molar-refractivity contribution in [1.82, 2.24) is 25.2 Å². The molecule has 0 saturated carbocycles. The molecule has 0 amide bonds. The summed E-state index contributed by atoms with van der Waals surface area (Å²) in [5, 5.41) is 5.41. The lowest BCUT2D eigenvalue weighted by Crippen LogP contribution is -2.60. The second-order valence-corrected chi connectivity index (χ2v) is 19.2. The van der Waals surface area contributed by atoms with Crippen LogP contribution in [-0.2, 0) is 9.53 Å². The number of esters is 1. The van der Waals surface area contributed by atoms with E-state index in [-0.39, 0.29) is 60.6 Å². The first-order chi connectivity index (χ1) is 31.8. The highest BCUT2D eigenvalue weighted by Gasteiger charge is 2.50. The molecule has 1 N–H and O–H groups in total. The molecule has 4 aromatic rings. The number of pyridine rings is 1. The van der Waals surface area contributed by atoms with Gasteiger partial charge in [-0.1, -0.05) is 108 Å². The van der Waals surface area contributed by atoms with E-state index in [1.54, 1.807) is 18.2 Å². The van der Waals surface area contributed by atoms with Crippen LogP contribution in [0.2, 0.25) is 0 Å². The molecule has 2 aromatic heterocycles. The molecule has 0 spiro atoms. The van der Waals surface area contributed by atoms with E-state index in [1.807, 2.05) is 12.1 Å². The van der Waals surface area contributed by atoms with E-state index in [0.29, 0.717) is 71.4 Å². The molecule has 4 saturated heterocycles. The first-order valence-electron chi connectivity index (χ1n) is 24.7. The Morgan fingerprint density at radius 3 is 2.49 bits per heavy atom. The minimum absolute atomic E-state index is 0.0159. The molecule has 2 bridgehead atoms. The van der Waals surface area contributed by atoms with Gasteiger partial charge >= 0.3 is 12.0 Å². The maximum absolute atomic E-state index is 17.6. The monoisotopic (exact) mass is 893 g/mol. The average molecular weight is 893 g/mol. The molecule has 11 nitrogen and oxygen atoms in total. The third-order valence-corrected chi connectivity index (χ3v) is 14.7. The van der Waals surface area contributed by atoms with E-state index < -0.39 is 17.5 Å². The number of piperazine rings is 1. The van der Waals surface area contributed by atoms with Gasteiger partial charge in [-0.05, 0) is 62.2 Å². The van der Waals surface area contributed by atoms with Gasteiger partial charge in [-0.2, -0.15) is 9.97 Å². The topological polar surface area (TPSA) is 111 Å². The number of halogens is 2. The second kappa shape index (κ2) is 20.8. The molecule has 0 unspecified atom stereocenters. The van der Waals surface area contributed by atoms with Crippen LogP contribution >= 0.6 is 0 Å². The number of carbonyl (C=O) groups is 1. The largest absolute Gasteiger partial charge is 0.475 e. The van der Waals surface area contributed by atoms with Crippen molar-refractivity contribution in [2.75, 3.05) is 44.5 Å². The zero-order valence-corrected chi connectivity index (χ0v) is 38.2. The number of terminal acetylenes is 1. The van der Waals surface area contributed by atoms with Crippen molar-refractivity contribution in [2.24, 2.45) is 0 Å². The van der Waals surface area contributed by atoms with Gasteiger partial charge in [0.15, 0.2) is 5.82 Å². The molecule has 5 atom stereocenters. The molecule has 0 radical (unpaired) electrons. The highest BCUT2D eigenvalue weighted by atomic mass is 19.1. The van der Waals surface area contributed by atoms with Gasteiger partial charge in [0.25, 0.3) is 0 Å². The van der Waals surface area contributed by atoms with Gasteiger partial charge in [0.05, 0.1) is 11.6 Å². The van der Waals surface area contributed by atoms with Crippen LogP contribution in [0.25, 0.3) is 32.9 Å². The van der Waals surface area contributed by atoms with Crippen molar-refractivity contribution in [1.29, 1.82) is 0 Å². The fourth-order valence-electron chi connectivity index (χ4n) is 11.3. The van der Waals surface area contributed by atoms with Gasteiger partial charge in [-0.15, -0.1) is 6.42 Å². The maximum Gasteiger partial charge on any atom is 0.319 e. The molecule has 348 valence electrons. The zero-order valence-electron chi connectivity index (χ0n) is 38.2. The van der Waals surface area contributed by atoms with Crippen molar-refractivity contribution in [3.8, 4) is 41.2 Å². The number of nitrogens with zero attached hydrogens (tertiary/aromatic N) is 5. The van der Waals surface area contributed by atoms with Gasteiger partial charge in [-0.25, -0.2) is 13.8 Å². The van der Waals surface area contributed by atoms with E-state index in [0.717, 1.165) is 51.5 Å². The lowest BCUT2D eigenvalue weighted by atomic mass is 9.95. The summed E-state index contributed by atoms with van der Waals surface area (Å²) in [7, 11) is 0. The van der Waals surface area contributed by atoms with Crippen LogP contribution in [0.3, 0.4) is 0 Å². The number of carbonyl (C=O) groups excluding carboxylic acids is 1. The van der Waals surface area contributed by atoms with Gasteiger partial charge in [0.1, 0.15) is 47.5 Å². The third-order valence-electron chi connectivity index (χ3n) is 14.7. The Kier molecular flexibility index (Phi) is 14.5. The van der Waals surface area contributed by atoms with E-state index in [4.69, 9.17) is 40.3 Å². The summed E-state index contributed by atoms with van der Waals surface area (Å²) in [5.74, 6) is 2.86.